The van der Waals surface area contributed by atoms with Crippen molar-refractivity contribution in [3.63, 3.8) is 0 Å². The number of hydrogen-bond donors (Lipinski definition) is 1. The number of benzene rings is 2. The maximum atomic E-state index is 13.8. The van der Waals surface area contributed by atoms with E-state index < -0.39 is 34.9 Å². The molecule has 0 aromatic heterocycles. The van der Waals surface area contributed by atoms with E-state index in [1.54, 1.807) is 0 Å². The van der Waals surface area contributed by atoms with Crippen LogP contribution in [0.25, 0.3) is 0 Å². The van der Waals surface area contributed by atoms with Crippen LogP contribution in [0.5, 0.6) is 5.75 Å². The first-order chi connectivity index (χ1) is 9.45. The van der Waals surface area contributed by atoms with Gasteiger partial charge in [-0.3, -0.25) is 0 Å². The Morgan fingerprint density at radius 3 is 2.10 bits per heavy atom. The van der Waals surface area contributed by atoms with Gasteiger partial charge in [-0.1, -0.05) is 6.07 Å². The first-order valence-electron chi connectivity index (χ1n) is 5.68. The van der Waals surface area contributed by atoms with Crippen molar-refractivity contribution in [2.75, 3.05) is 7.11 Å². The molecule has 2 aromatic rings. The van der Waals surface area contributed by atoms with Gasteiger partial charge >= 0.3 is 0 Å². The Hall–Kier alpha value is -2.08. The molecule has 1 atom stereocenters. The van der Waals surface area contributed by atoms with Crippen LogP contribution in [0.3, 0.4) is 0 Å². The summed E-state index contributed by atoms with van der Waals surface area (Å²) in [6.45, 7) is 0. The highest BCUT2D eigenvalue weighted by Gasteiger charge is 2.25. The molecule has 2 nitrogen and oxygen atoms in total. The summed E-state index contributed by atoms with van der Waals surface area (Å²) < 4.78 is 59.0. The topological polar surface area (TPSA) is 35.2 Å². The van der Waals surface area contributed by atoms with Crippen LogP contribution in [0.1, 0.15) is 17.2 Å². The number of methoxy groups -OCH3 is 1. The lowest BCUT2D eigenvalue weighted by Crippen LogP contribution is -2.18. The zero-order chi connectivity index (χ0) is 14.9. The molecule has 0 saturated carbocycles. The van der Waals surface area contributed by atoms with E-state index in [9.17, 15) is 17.6 Å². The van der Waals surface area contributed by atoms with Crippen molar-refractivity contribution in [2.24, 2.45) is 5.73 Å². The van der Waals surface area contributed by atoms with Crippen LogP contribution in [-0.4, -0.2) is 7.11 Å². The van der Waals surface area contributed by atoms with Crippen molar-refractivity contribution in [2.45, 2.75) is 6.04 Å². The van der Waals surface area contributed by atoms with Gasteiger partial charge in [0.15, 0.2) is 0 Å². The van der Waals surface area contributed by atoms with Crippen molar-refractivity contribution in [3.05, 3.63) is 64.7 Å². The second kappa shape index (κ2) is 5.50. The molecule has 0 fully saturated rings. The Morgan fingerprint density at radius 2 is 1.55 bits per heavy atom. The van der Waals surface area contributed by atoms with Crippen LogP contribution < -0.4 is 10.5 Å². The predicted molar refractivity (Wildman–Crippen MR) is 65.3 cm³/mol. The summed E-state index contributed by atoms with van der Waals surface area (Å²) in [6, 6.07) is 3.42. The molecular formula is C14H11F4NO. The van der Waals surface area contributed by atoms with Crippen LogP contribution in [0.2, 0.25) is 0 Å². The highest BCUT2D eigenvalue weighted by atomic mass is 19.1. The molecule has 0 aliphatic rings. The Balaban J connectivity index is 2.61. The molecule has 0 spiro atoms. The largest absolute Gasteiger partial charge is 0.496 e. The highest BCUT2D eigenvalue weighted by Crippen LogP contribution is 2.33. The molecule has 2 N–H and O–H groups in total. The normalized spacial score (nSPS) is 12.3. The van der Waals surface area contributed by atoms with Gasteiger partial charge in [0.05, 0.1) is 18.7 Å². The van der Waals surface area contributed by atoms with Crippen molar-refractivity contribution in [1.29, 1.82) is 0 Å². The molecule has 0 heterocycles. The monoisotopic (exact) mass is 285 g/mol. The van der Waals surface area contributed by atoms with E-state index in [2.05, 4.69) is 0 Å². The van der Waals surface area contributed by atoms with Crippen molar-refractivity contribution in [3.8, 4) is 5.75 Å². The summed E-state index contributed by atoms with van der Waals surface area (Å²) in [5.41, 5.74) is 4.91. The van der Waals surface area contributed by atoms with Crippen LogP contribution in [-0.2, 0) is 0 Å². The van der Waals surface area contributed by atoms with Gasteiger partial charge in [0.2, 0.25) is 0 Å². The molecular weight excluding hydrogens is 274 g/mol. The fraction of sp³-hybridized carbons (Fsp3) is 0.143. The lowest BCUT2D eigenvalue weighted by molar-refractivity contribution is 0.400. The van der Waals surface area contributed by atoms with E-state index in [1.165, 1.54) is 19.2 Å². The lowest BCUT2D eigenvalue weighted by atomic mass is 9.97. The highest BCUT2D eigenvalue weighted by molar-refractivity contribution is 5.43. The number of rotatable bonds is 3. The molecule has 0 radical (unpaired) electrons. The summed E-state index contributed by atoms with van der Waals surface area (Å²) in [5.74, 6) is -4.14. The van der Waals surface area contributed by atoms with Crippen LogP contribution in [0, 0.1) is 23.3 Å². The van der Waals surface area contributed by atoms with Gasteiger partial charge in [0.25, 0.3) is 0 Å². The molecule has 1 unspecified atom stereocenters. The molecule has 2 rings (SSSR count). The van der Waals surface area contributed by atoms with E-state index in [-0.39, 0.29) is 11.3 Å². The maximum absolute atomic E-state index is 13.8. The molecule has 6 heteroatoms. The lowest BCUT2D eigenvalue weighted by Gasteiger charge is -2.18. The molecule has 0 saturated heterocycles. The summed E-state index contributed by atoms with van der Waals surface area (Å²) in [4.78, 5) is 0. The number of ether oxygens (including phenoxy) is 1. The van der Waals surface area contributed by atoms with Gasteiger partial charge in [-0.2, -0.15) is 0 Å². The third kappa shape index (κ3) is 2.46. The van der Waals surface area contributed by atoms with Gasteiger partial charge in [-0.25, -0.2) is 17.6 Å². The zero-order valence-electron chi connectivity index (χ0n) is 10.5. The van der Waals surface area contributed by atoms with Gasteiger partial charge in [0, 0.05) is 17.7 Å². The first kappa shape index (κ1) is 14.3. The molecule has 0 aliphatic heterocycles. The minimum absolute atomic E-state index is 0.0561. The van der Waals surface area contributed by atoms with E-state index in [1.807, 2.05) is 0 Å². The standard InChI is InChI=1S/C14H11F4NO/c1-20-11-4-2-3-8(16)13(11)14(19)12-9(17)5-7(15)6-10(12)18/h2-6,14H,19H2,1H3. The van der Waals surface area contributed by atoms with E-state index in [0.717, 1.165) is 6.07 Å². The zero-order valence-corrected chi connectivity index (χ0v) is 10.5. The summed E-state index contributed by atoms with van der Waals surface area (Å²) in [7, 11) is 1.28. The molecule has 106 valence electrons. The summed E-state index contributed by atoms with van der Waals surface area (Å²) >= 11 is 0. The summed E-state index contributed by atoms with van der Waals surface area (Å²) in [6.07, 6.45) is 0. The third-order valence-corrected chi connectivity index (χ3v) is 2.90. The van der Waals surface area contributed by atoms with E-state index in [0.29, 0.717) is 12.1 Å². The molecule has 2 aromatic carbocycles. The quantitative estimate of drug-likeness (QED) is 0.878. The second-order valence-electron chi connectivity index (χ2n) is 4.12. The van der Waals surface area contributed by atoms with Gasteiger partial charge in [-0.05, 0) is 12.1 Å². The minimum Gasteiger partial charge on any atom is -0.496 e. The second-order valence-corrected chi connectivity index (χ2v) is 4.12. The Bertz CT molecular complexity index is 622. The third-order valence-electron chi connectivity index (χ3n) is 2.90. The number of halogens is 4. The fourth-order valence-corrected chi connectivity index (χ4v) is 1.99. The first-order valence-corrected chi connectivity index (χ1v) is 5.68. The Kier molecular flexibility index (Phi) is 3.94. The van der Waals surface area contributed by atoms with E-state index >= 15 is 0 Å². The van der Waals surface area contributed by atoms with Crippen LogP contribution in [0.15, 0.2) is 30.3 Å². The van der Waals surface area contributed by atoms with Crippen molar-refractivity contribution >= 4 is 0 Å². The fourth-order valence-electron chi connectivity index (χ4n) is 1.99. The maximum Gasteiger partial charge on any atom is 0.134 e. The van der Waals surface area contributed by atoms with Gasteiger partial charge < -0.3 is 10.5 Å². The Morgan fingerprint density at radius 1 is 0.950 bits per heavy atom. The molecule has 0 aliphatic carbocycles. The van der Waals surface area contributed by atoms with Gasteiger partial charge in [-0.15, -0.1) is 0 Å². The average Bonchev–Trinajstić information content (AvgIpc) is 2.36. The number of nitrogens with two attached hydrogens (primary N) is 1. The Labute approximate surface area is 112 Å². The van der Waals surface area contributed by atoms with Crippen LogP contribution >= 0.6 is 0 Å². The SMILES string of the molecule is COc1cccc(F)c1C(N)c1c(F)cc(F)cc1F. The molecule has 20 heavy (non-hydrogen) atoms. The number of hydrogen-bond acceptors (Lipinski definition) is 2. The van der Waals surface area contributed by atoms with Crippen LogP contribution in [0.4, 0.5) is 17.6 Å². The van der Waals surface area contributed by atoms with Crippen molar-refractivity contribution < 1.29 is 22.3 Å². The smallest absolute Gasteiger partial charge is 0.134 e. The average molecular weight is 285 g/mol. The van der Waals surface area contributed by atoms with Crippen molar-refractivity contribution in [1.82, 2.24) is 0 Å². The summed E-state index contributed by atoms with van der Waals surface area (Å²) in [5, 5.41) is 0. The van der Waals surface area contributed by atoms with E-state index in [4.69, 9.17) is 10.5 Å². The van der Waals surface area contributed by atoms with Gasteiger partial charge in [0.1, 0.15) is 29.0 Å². The molecule has 0 amide bonds. The molecule has 0 bridgehead atoms. The predicted octanol–water partition coefficient (Wildman–Crippen LogP) is 3.30. The minimum atomic E-state index is -1.45.